The van der Waals surface area contributed by atoms with Crippen LogP contribution < -0.4 is 9.47 Å². The lowest BCUT2D eigenvalue weighted by atomic mass is 10.1. The third kappa shape index (κ3) is 5.85. The SMILES string of the molecule is C=C(/C=C\c1ccccc1C)COc1cccc(COc2ccccc2C(=O)O)c1. The first-order chi connectivity index (χ1) is 14.5. The molecule has 0 aliphatic carbocycles. The van der Waals surface area contributed by atoms with Crippen LogP contribution in [-0.4, -0.2) is 17.7 Å². The van der Waals surface area contributed by atoms with Crippen molar-refractivity contribution in [2.75, 3.05) is 6.61 Å². The summed E-state index contributed by atoms with van der Waals surface area (Å²) in [4.78, 5) is 11.3. The zero-order chi connectivity index (χ0) is 21.3. The van der Waals surface area contributed by atoms with Gasteiger partial charge in [0, 0.05) is 0 Å². The minimum absolute atomic E-state index is 0.140. The molecule has 0 heterocycles. The van der Waals surface area contributed by atoms with E-state index in [1.807, 2.05) is 48.6 Å². The maximum absolute atomic E-state index is 11.3. The van der Waals surface area contributed by atoms with E-state index in [2.05, 4.69) is 25.6 Å². The molecule has 4 heteroatoms. The van der Waals surface area contributed by atoms with Crippen molar-refractivity contribution in [3.8, 4) is 11.5 Å². The van der Waals surface area contributed by atoms with Crippen molar-refractivity contribution in [2.45, 2.75) is 13.5 Å². The summed E-state index contributed by atoms with van der Waals surface area (Å²) in [5, 5.41) is 9.25. The van der Waals surface area contributed by atoms with Crippen molar-refractivity contribution < 1.29 is 19.4 Å². The highest BCUT2D eigenvalue weighted by molar-refractivity contribution is 5.90. The summed E-state index contributed by atoms with van der Waals surface area (Å²) in [5.74, 6) is 0.0269. The van der Waals surface area contributed by atoms with Gasteiger partial charge in [-0.3, -0.25) is 0 Å². The molecule has 0 saturated heterocycles. The Kier molecular flexibility index (Phi) is 7.06. The summed E-state index contributed by atoms with van der Waals surface area (Å²) in [6.07, 6.45) is 3.99. The molecular weight excluding hydrogens is 376 g/mol. The molecule has 30 heavy (non-hydrogen) atoms. The molecule has 3 aromatic rings. The minimum atomic E-state index is -1.01. The standard InChI is InChI=1S/C26H24O4/c1-19(14-15-22-10-4-3-8-20(22)2)17-29-23-11-7-9-21(16-23)18-30-25-13-6-5-12-24(25)26(27)28/h3-16H,1,17-18H2,2H3,(H,27,28)/b15-14-. The summed E-state index contributed by atoms with van der Waals surface area (Å²) in [6.45, 7) is 6.73. The van der Waals surface area contributed by atoms with Crippen LogP contribution in [0.3, 0.4) is 0 Å². The molecule has 0 fully saturated rings. The van der Waals surface area contributed by atoms with Gasteiger partial charge in [0.05, 0.1) is 0 Å². The average Bonchev–Trinajstić information content (AvgIpc) is 2.76. The third-order valence-corrected chi connectivity index (χ3v) is 4.52. The van der Waals surface area contributed by atoms with E-state index in [1.165, 1.54) is 11.6 Å². The maximum atomic E-state index is 11.3. The fourth-order valence-electron chi connectivity index (χ4n) is 2.86. The van der Waals surface area contributed by atoms with Gasteiger partial charge in [0.2, 0.25) is 0 Å². The first-order valence-corrected chi connectivity index (χ1v) is 9.61. The van der Waals surface area contributed by atoms with Crippen molar-refractivity contribution in [3.63, 3.8) is 0 Å². The van der Waals surface area contributed by atoms with E-state index >= 15 is 0 Å². The fraction of sp³-hybridized carbons (Fsp3) is 0.115. The monoisotopic (exact) mass is 400 g/mol. The molecule has 4 nitrogen and oxygen atoms in total. The first kappa shape index (κ1) is 20.9. The number of benzene rings is 3. The van der Waals surface area contributed by atoms with E-state index in [-0.39, 0.29) is 12.2 Å². The van der Waals surface area contributed by atoms with Gasteiger partial charge in [0.15, 0.2) is 0 Å². The van der Waals surface area contributed by atoms with Gasteiger partial charge in [0.1, 0.15) is 30.3 Å². The molecule has 0 unspecified atom stereocenters. The zero-order valence-corrected chi connectivity index (χ0v) is 16.9. The lowest BCUT2D eigenvalue weighted by Gasteiger charge is -2.11. The molecule has 0 aliphatic rings. The molecule has 0 radical (unpaired) electrons. The molecule has 3 rings (SSSR count). The van der Waals surface area contributed by atoms with Gasteiger partial charge in [0.25, 0.3) is 0 Å². The molecule has 0 amide bonds. The van der Waals surface area contributed by atoms with Crippen LogP contribution in [0.5, 0.6) is 11.5 Å². The predicted octanol–water partition coefficient (Wildman–Crippen LogP) is 5.92. The third-order valence-electron chi connectivity index (χ3n) is 4.52. The Labute approximate surface area is 176 Å². The molecule has 0 aliphatic heterocycles. The number of rotatable bonds is 9. The second kappa shape index (κ2) is 10.1. The molecule has 1 N–H and O–H groups in total. The van der Waals surface area contributed by atoms with E-state index in [0.29, 0.717) is 18.1 Å². The highest BCUT2D eigenvalue weighted by Gasteiger charge is 2.10. The van der Waals surface area contributed by atoms with Gasteiger partial charge in [-0.1, -0.05) is 67.3 Å². The van der Waals surface area contributed by atoms with Crippen molar-refractivity contribution in [1.29, 1.82) is 0 Å². The van der Waals surface area contributed by atoms with Crippen molar-refractivity contribution in [1.82, 2.24) is 0 Å². The quantitative estimate of drug-likeness (QED) is 0.453. The Hall–Kier alpha value is -3.79. The summed E-state index contributed by atoms with van der Waals surface area (Å²) >= 11 is 0. The van der Waals surface area contributed by atoms with Crippen LogP contribution in [0.2, 0.25) is 0 Å². The van der Waals surface area contributed by atoms with Crippen LogP contribution in [0.1, 0.15) is 27.0 Å². The van der Waals surface area contributed by atoms with E-state index in [9.17, 15) is 9.90 Å². The number of carboxylic acids is 1. The molecule has 0 bridgehead atoms. The topological polar surface area (TPSA) is 55.8 Å². The van der Waals surface area contributed by atoms with Crippen LogP contribution in [0, 0.1) is 6.92 Å². The summed E-state index contributed by atoms with van der Waals surface area (Å²) in [6, 6.07) is 22.3. The molecule has 0 spiro atoms. The number of carboxylic acid groups (broad SMARTS) is 1. The second-order valence-corrected chi connectivity index (χ2v) is 6.87. The van der Waals surface area contributed by atoms with Crippen LogP contribution in [-0.2, 0) is 6.61 Å². The number of hydrogen-bond acceptors (Lipinski definition) is 3. The van der Waals surface area contributed by atoms with Gasteiger partial charge < -0.3 is 14.6 Å². The van der Waals surface area contributed by atoms with E-state index in [1.54, 1.807) is 18.2 Å². The minimum Gasteiger partial charge on any atom is -0.489 e. The first-order valence-electron chi connectivity index (χ1n) is 9.61. The number of carbonyl (C=O) groups is 1. The molecule has 0 saturated carbocycles. The Bertz CT molecular complexity index is 1070. The van der Waals surface area contributed by atoms with Crippen molar-refractivity contribution in [3.05, 3.63) is 113 Å². The molecular formula is C26H24O4. The molecule has 152 valence electrons. The van der Waals surface area contributed by atoms with Crippen LogP contribution in [0.25, 0.3) is 6.08 Å². The van der Waals surface area contributed by atoms with Crippen molar-refractivity contribution in [2.24, 2.45) is 0 Å². The van der Waals surface area contributed by atoms with Crippen LogP contribution in [0.15, 0.2) is 91.0 Å². The highest BCUT2D eigenvalue weighted by atomic mass is 16.5. The summed E-state index contributed by atoms with van der Waals surface area (Å²) in [5.41, 5.74) is 4.24. The lowest BCUT2D eigenvalue weighted by Crippen LogP contribution is -2.04. The molecule has 0 aromatic heterocycles. The van der Waals surface area contributed by atoms with Gasteiger partial charge in [-0.05, 0) is 53.5 Å². The largest absolute Gasteiger partial charge is 0.489 e. The van der Waals surface area contributed by atoms with E-state index in [0.717, 1.165) is 16.7 Å². The number of aromatic carboxylic acids is 1. The number of aryl methyl sites for hydroxylation is 1. The van der Waals surface area contributed by atoms with Crippen LogP contribution in [0.4, 0.5) is 0 Å². The molecule has 3 aromatic carbocycles. The maximum Gasteiger partial charge on any atom is 0.339 e. The fourth-order valence-corrected chi connectivity index (χ4v) is 2.86. The Morgan fingerprint density at radius 1 is 1.00 bits per heavy atom. The molecule has 0 atom stereocenters. The Morgan fingerprint density at radius 3 is 2.57 bits per heavy atom. The summed E-state index contributed by atoms with van der Waals surface area (Å²) < 4.78 is 11.5. The van der Waals surface area contributed by atoms with E-state index < -0.39 is 5.97 Å². The lowest BCUT2D eigenvalue weighted by molar-refractivity contribution is 0.0691. The predicted molar refractivity (Wildman–Crippen MR) is 119 cm³/mol. The van der Waals surface area contributed by atoms with Crippen LogP contribution >= 0.6 is 0 Å². The summed E-state index contributed by atoms with van der Waals surface area (Å²) in [7, 11) is 0. The van der Waals surface area contributed by atoms with Gasteiger partial charge in [-0.15, -0.1) is 0 Å². The Morgan fingerprint density at radius 2 is 1.77 bits per heavy atom. The Balaban J connectivity index is 1.56. The highest BCUT2D eigenvalue weighted by Crippen LogP contribution is 2.21. The van der Waals surface area contributed by atoms with Gasteiger partial charge >= 0.3 is 5.97 Å². The van der Waals surface area contributed by atoms with Crippen molar-refractivity contribution >= 4 is 12.0 Å². The number of hydrogen-bond donors (Lipinski definition) is 1. The van der Waals surface area contributed by atoms with E-state index in [4.69, 9.17) is 9.47 Å². The average molecular weight is 400 g/mol. The number of ether oxygens (including phenoxy) is 2. The normalized spacial score (nSPS) is 10.7. The van der Waals surface area contributed by atoms with Gasteiger partial charge in [-0.25, -0.2) is 4.79 Å². The number of para-hydroxylation sites is 1. The second-order valence-electron chi connectivity index (χ2n) is 6.87. The smallest absolute Gasteiger partial charge is 0.339 e. The van der Waals surface area contributed by atoms with Gasteiger partial charge in [-0.2, -0.15) is 0 Å². The zero-order valence-electron chi connectivity index (χ0n) is 16.9.